The van der Waals surface area contributed by atoms with Gasteiger partial charge in [0, 0.05) is 17.7 Å². The Morgan fingerprint density at radius 1 is 1.12 bits per heavy atom. The first kappa shape index (κ1) is 24.7. The van der Waals surface area contributed by atoms with Gasteiger partial charge in [0.2, 0.25) is 10.0 Å². The molecule has 1 amide bonds. The molecule has 2 unspecified atom stereocenters. The normalized spacial score (nSPS) is 18.8. The number of aliphatic hydroxyl groups is 1. The Morgan fingerprint density at radius 3 is 2.42 bits per heavy atom. The standard InChI is InChI=1S/C22H27F2N3O5S/c1-22(2,3)32-21(29)25-16-11-12-27(20(16)28)17-10-9-14(18(23)19(17)24)13-7-5-6-8-15(13)26-33(4,30)31/h5-10,16,20,26,28H,11-12H2,1-4H3,(H,25,29). The molecular formula is C22H27F2N3O5S. The van der Waals surface area contributed by atoms with Crippen LogP contribution >= 0.6 is 0 Å². The number of ether oxygens (including phenoxy) is 1. The third kappa shape index (κ3) is 5.91. The average molecular weight is 484 g/mol. The maximum absolute atomic E-state index is 15.1. The molecule has 1 aliphatic heterocycles. The van der Waals surface area contributed by atoms with E-state index >= 15 is 8.78 Å². The Bertz CT molecular complexity index is 1150. The highest BCUT2D eigenvalue weighted by Crippen LogP contribution is 2.36. The predicted octanol–water partition coefficient (Wildman–Crippen LogP) is 3.43. The van der Waals surface area contributed by atoms with E-state index < -0.39 is 45.6 Å². The summed E-state index contributed by atoms with van der Waals surface area (Å²) in [7, 11) is -3.64. The van der Waals surface area contributed by atoms with Crippen molar-refractivity contribution in [2.45, 2.75) is 45.1 Å². The molecule has 1 fully saturated rings. The molecule has 3 N–H and O–H groups in total. The van der Waals surface area contributed by atoms with Crippen molar-refractivity contribution in [3.05, 3.63) is 48.0 Å². The van der Waals surface area contributed by atoms with Gasteiger partial charge in [0.1, 0.15) is 11.8 Å². The number of alkyl carbamates (subject to hydrolysis) is 1. The summed E-state index contributed by atoms with van der Waals surface area (Å²) in [4.78, 5) is 13.3. The molecule has 180 valence electrons. The maximum atomic E-state index is 15.1. The lowest BCUT2D eigenvalue weighted by molar-refractivity contribution is 0.0450. The molecule has 8 nitrogen and oxygen atoms in total. The van der Waals surface area contributed by atoms with Crippen LogP contribution in [0.4, 0.5) is 25.0 Å². The van der Waals surface area contributed by atoms with E-state index in [4.69, 9.17) is 4.74 Å². The van der Waals surface area contributed by atoms with E-state index in [1.807, 2.05) is 0 Å². The number of hydrogen-bond donors (Lipinski definition) is 3. The molecule has 0 aliphatic carbocycles. The largest absolute Gasteiger partial charge is 0.444 e. The van der Waals surface area contributed by atoms with Crippen LogP contribution in [0.5, 0.6) is 0 Å². The fourth-order valence-electron chi connectivity index (χ4n) is 3.62. The van der Waals surface area contributed by atoms with Crippen LogP contribution in [-0.2, 0) is 14.8 Å². The Labute approximate surface area is 191 Å². The molecular weight excluding hydrogens is 456 g/mol. The third-order valence-corrected chi connectivity index (χ3v) is 5.54. The zero-order chi connectivity index (χ0) is 24.6. The molecule has 0 bridgehead atoms. The number of nitrogens with one attached hydrogen (secondary N) is 2. The van der Waals surface area contributed by atoms with E-state index in [-0.39, 0.29) is 29.0 Å². The van der Waals surface area contributed by atoms with Crippen LogP contribution in [0.15, 0.2) is 36.4 Å². The second-order valence-electron chi connectivity index (χ2n) is 8.83. The van der Waals surface area contributed by atoms with Gasteiger partial charge in [-0.2, -0.15) is 0 Å². The minimum atomic E-state index is -3.64. The first-order valence-corrected chi connectivity index (χ1v) is 12.2. The average Bonchev–Trinajstić information content (AvgIpc) is 3.02. The topological polar surface area (TPSA) is 108 Å². The summed E-state index contributed by atoms with van der Waals surface area (Å²) in [6.07, 6.45) is -0.758. The molecule has 2 aromatic rings. The van der Waals surface area contributed by atoms with Crippen molar-refractivity contribution in [3.8, 4) is 11.1 Å². The minimum Gasteiger partial charge on any atom is -0.444 e. The van der Waals surface area contributed by atoms with E-state index in [2.05, 4.69) is 10.0 Å². The van der Waals surface area contributed by atoms with Crippen LogP contribution in [0.2, 0.25) is 0 Å². The van der Waals surface area contributed by atoms with E-state index in [1.165, 1.54) is 29.2 Å². The molecule has 0 radical (unpaired) electrons. The van der Waals surface area contributed by atoms with Crippen LogP contribution in [0.25, 0.3) is 11.1 Å². The van der Waals surface area contributed by atoms with Crippen LogP contribution in [0.1, 0.15) is 27.2 Å². The number of carbonyl (C=O) groups excluding carboxylic acids is 1. The SMILES string of the molecule is CC(C)(C)OC(=O)NC1CCN(c2ccc(-c3ccccc3NS(C)(=O)=O)c(F)c2F)C1O. The molecule has 0 spiro atoms. The number of para-hydroxylation sites is 1. The highest BCUT2D eigenvalue weighted by molar-refractivity contribution is 7.92. The first-order chi connectivity index (χ1) is 15.3. The summed E-state index contributed by atoms with van der Waals surface area (Å²) < 4.78 is 60.9. The number of carbonyl (C=O) groups is 1. The lowest BCUT2D eigenvalue weighted by Crippen LogP contribution is -2.46. The fraction of sp³-hybridized carbons (Fsp3) is 0.409. The van der Waals surface area contributed by atoms with Crippen molar-refractivity contribution in [3.63, 3.8) is 0 Å². The van der Waals surface area contributed by atoms with Crippen molar-refractivity contribution >= 4 is 27.5 Å². The van der Waals surface area contributed by atoms with E-state index in [1.54, 1.807) is 32.9 Å². The number of hydrogen-bond acceptors (Lipinski definition) is 6. The second kappa shape index (κ2) is 9.14. The van der Waals surface area contributed by atoms with Crippen LogP contribution in [-0.4, -0.2) is 50.3 Å². The zero-order valence-corrected chi connectivity index (χ0v) is 19.5. The number of anilines is 2. The smallest absolute Gasteiger partial charge is 0.408 e. The van der Waals surface area contributed by atoms with Gasteiger partial charge in [0.05, 0.1) is 23.7 Å². The fourth-order valence-corrected chi connectivity index (χ4v) is 4.20. The Balaban J connectivity index is 1.86. The minimum absolute atomic E-state index is 0.105. The zero-order valence-electron chi connectivity index (χ0n) is 18.7. The molecule has 1 aliphatic rings. The van der Waals surface area contributed by atoms with Gasteiger partial charge in [-0.25, -0.2) is 22.0 Å². The summed E-state index contributed by atoms with van der Waals surface area (Å²) in [5, 5.41) is 13.2. The molecule has 2 aromatic carbocycles. The number of aliphatic hydroxyl groups excluding tert-OH is 1. The summed E-state index contributed by atoms with van der Waals surface area (Å²) in [5.41, 5.74) is -0.766. The molecule has 2 atom stereocenters. The van der Waals surface area contributed by atoms with E-state index in [0.717, 1.165) is 6.26 Å². The van der Waals surface area contributed by atoms with Gasteiger partial charge >= 0.3 is 6.09 Å². The van der Waals surface area contributed by atoms with Crippen LogP contribution < -0.4 is 14.9 Å². The van der Waals surface area contributed by atoms with E-state index in [9.17, 15) is 18.3 Å². The van der Waals surface area contributed by atoms with Gasteiger partial charge in [0.25, 0.3) is 0 Å². The third-order valence-electron chi connectivity index (χ3n) is 4.95. The molecule has 1 saturated heterocycles. The summed E-state index contributed by atoms with van der Waals surface area (Å²) in [6.45, 7) is 5.28. The van der Waals surface area contributed by atoms with Gasteiger partial charge in [-0.3, -0.25) is 4.72 Å². The molecule has 0 aromatic heterocycles. The molecule has 1 heterocycles. The van der Waals surface area contributed by atoms with Crippen molar-refractivity contribution in [1.82, 2.24) is 5.32 Å². The monoisotopic (exact) mass is 483 g/mol. The number of sulfonamides is 1. The Morgan fingerprint density at radius 2 is 1.79 bits per heavy atom. The highest BCUT2D eigenvalue weighted by Gasteiger charge is 2.36. The quantitative estimate of drug-likeness (QED) is 0.602. The maximum Gasteiger partial charge on any atom is 0.408 e. The van der Waals surface area contributed by atoms with Gasteiger partial charge in [-0.15, -0.1) is 0 Å². The van der Waals surface area contributed by atoms with Crippen LogP contribution in [0.3, 0.4) is 0 Å². The number of rotatable bonds is 5. The number of amides is 1. The van der Waals surface area contributed by atoms with Gasteiger partial charge < -0.3 is 20.1 Å². The number of nitrogens with zero attached hydrogens (tertiary/aromatic N) is 1. The first-order valence-electron chi connectivity index (χ1n) is 10.3. The van der Waals surface area contributed by atoms with Gasteiger partial charge in [0.15, 0.2) is 11.6 Å². The van der Waals surface area contributed by atoms with E-state index in [0.29, 0.717) is 6.42 Å². The predicted molar refractivity (Wildman–Crippen MR) is 121 cm³/mol. The van der Waals surface area contributed by atoms with Crippen molar-refractivity contribution in [1.29, 1.82) is 0 Å². The Kier molecular flexibility index (Phi) is 6.85. The van der Waals surface area contributed by atoms with Crippen LogP contribution in [0, 0.1) is 11.6 Å². The molecule has 33 heavy (non-hydrogen) atoms. The molecule has 3 rings (SSSR count). The lowest BCUT2D eigenvalue weighted by Gasteiger charge is -2.27. The number of halogens is 2. The van der Waals surface area contributed by atoms with Gasteiger partial charge in [-0.05, 0) is 45.4 Å². The van der Waals surface area contributed by atoms with Gasteiger partial charge in [-0.1, -0.05) is 18.2 Å². The summed E-state index contributed by atoms with van der Waals surface area (Å²) in [6, 6.07) is 7.95. The van der Waals surface area contributed by atoms with Crippen molar-refractivity contribution in [2.24, 2.45) is 0 Å². The summed E-state index contributed by atoms with van der Waals surface area (Å²) >= 11 is 0. The second-order valence-corrected chi connectivity index (χ2v) is 10.6. The molecule has 0 saturated carbocycles. The molecule has 11 heteroatoms. The Hall–Kier alpha value is -2.92. The highest BCUT2D eigenvalue weighted by atomic mass is 32.2. The number of benzene rings is 2. The lowest BCUT2D eigenvalue weighted by atomic mass is 10.0. The summed E-state index contributed by atoms with van der Waals surface area (Å²) in [5.74, 6) is -2.38. The van der Waals surface area contributed by atoms with Crippen molar-refractivity contribution < 1.29 is 31.8 Å². The van der Waals surface area contributed by atoms with Crippen molar-refractivity contribution in [2.75, 3.05) is 22.4 Å².